The van der Waals surface area contributed by atoms with Gasteiger partial charge in [0.25, 0.3) is 5.95 Å². The number of anilines is 2. The lowest BCUT2D eigenvalue weighted by atomic mass is 9.97. The number of rotatable bonds is 4. The molecule has 1 saturated heterocycles. The third-order valence-electron chi connectivity index (χ3n) is 3.65. The van der Waals surface area contributed by atoms with Crippen LogP contribution in [0.2, 0.25) is 0 Å². The molecule has 21 heavy (non-hydrogen) atoms. The van der Waals surface area contributed by atoms with Gasteiger partial charge in [-0.2, -0.15) is 24.7 Å². The number of nitrogens with two attached hydrogens (primary N) is 1. The lowest BCUT2D eigenvalue weighted by Gasteiger charge is -2.28. The number of hydrogen-bond acceptors (Lipinski definition) is 8. The number of nitrogen functional groups attached to an aromatic ring is 1. The van der Waals surface area contributed by atoms with E-state index >= 15 is 0 Å². The lowest BCUT2D eigenvalue weighted by Crippen LogP contribution is -2.33. The first kappa shape index (κ1) is 13.7. The van der Waals surface area contributed by atoms with Gasteiger partial charge >= 0.3 is 0 Å². The van der Waals surface area contributed by atoms with Gasteiger partial charge < -0.3 is 16.0 Å². The van der Waals surface area contributed by atoms with Gasteiger partial charge in [-0.1, -0.05) is 0 Å². The van der Waals surface area contributed by atoms with Gasteiger partial charge in [0.2, 0.25) is 11.9 Å². The zero-order valence-electron chi connectivity index (χ0n) is 12.0. The van der Waals surface area contributed by atoms with Crippen LogP contribution in [0, 0.1) is 5.92 Å². The lowest BCUT2D eigenvalue weighted by molar-refractivity contribution is 0.226. The van der Waals surface area contributed by atoms with Crippen molar-refractivity contribution in [2.45, 2.75) is 12.8 Å². The van der Waals surface area contributed by atoms with Gasteiger partial charge in [-0.15, -0.1) is 0 Å². The molecule has 2 aromatic heterocycles. The summed E-state index contributed by atoms with van der Waals surface area (Å²) in [5.74, 6) is 1.65. The van der Waals surface area contributed by atoms with E-state index in [0.29, 0.717) is 17.8 Å². The molecule has 1 aliphatic rings. The number of nitrogens with zero attached hydrogens (tertiary/aromatic N) is 7. The Kier molecular flexibility index (Phi) is 3.91. The molecule has 3 rings (SSSR count). The Balaban J connectivity index is 1.65. The molecule has 0 saturated carbocycles. The molecular formula is C12H19N9. The second-order valence-electron chi connectivity index (χ2n) is 5.28. The summed E-state index contributed by atoms with van der Waals surface area (Å²) in [5, 5.41) is 7.24. The second kappa shape index (κ2) is 6.00. The van der Waals surface area contributed by atoms with Gasteiger partial charge in [-0.25, -0.2) is 4.98 Å². The molecule has 112 valence electrons. The quantitative estimate of drug-likeness (QED) is 0.795. The zero-order valence-corrected chi connectivity index (χ0v) is 12.0. The van der Waals surface area contributed by atoms with Gasteiger partial charge in [0.1, 0.15) is 12.7 Å². The van der Waals surface area contributed by atoms with Gasteiger partial charge in [0.05, 0.1) is 0 Å². The fraction of sp³-hybridized carbons (Fsp3) is 0.583. The molecule has 9 nitrogen and oxygen atoms in total. The average molecular weight is 289 g/mol. The standard InChI is InChI=1S/C12H19N9/c1-20-4-2-9(3-5-20)6-15-11-17-10(13)18-12(19-11)21-8-14-7-16-21/h7-9H,2-6H2,1H3,(H3,13,15,17,18,19). The molecule has 0 aliphatic carbocycles. The minimum absolute atomic E-state index is 0.168. The highest BCUT2D eigenvalue weighted by atomic mass is 15.4. The van der Waals surface area contributed by atoms with E-state index in [4.69, 9.17) is 5.73 Å². The maximum atomic E-state index is 5.72. The predicted octanol–water partition coefficient (Wildman–Crippen LogP) is -0.212. The third kappa shape index (κ3) is 3.43. The minimum Gasteiger partial charge on any atom is -0.368 e. The van der Waals surface area contributed by atoms with Gasteiger partial charge in [0, 0.05) is 6.54 Å². The molecule has 3 N–H and O–H groups in total. The van der Waals surface area contributed by atoms with Gasteiger partial charge in [0.15, 0.2) is 0 Å². The van der Waals surface area contributed by atoms with Crippen LogP contribution in [0.5, 0.6) is 0 Å². The van der Waals surface area contributed by atoms with Crippen molar-refractivity contribution in [3.63, 3.8) is 0 Å². The Labute approximate surface area is 122 Å². The molecule has 0 unspecified atom stereocenters. The molecule has 0 aromatic carbocycles. The number of likely N-dealkylation sites (tertiary alicyclic amines) is 1. The van der Waals surface area contributed by atoms with Crippen molar-refractivity contribution in [1.82, 2.24) is 34.6 Å². The molecule has 1 fully saturated rings. The largest absolute Gasteiger partial charge is 0.368 e. The van der Waals surface area contributed by atoms with Crippen LogP contribution in [-0.2, 0) is 0 Å². The van der Waals surface area contributed by atoms with Crippen LogP contribution in [0.3, 0.4) is 0 Å². The van der Waals surface area contributed by atoms with E-state index in [0.717, 1.165) is 19.6 Å². The van der Waals surface area contributed by atoms with Crippen molar-refractivity contribution in [3.8, 4) is 5.95 Å². The highest BCUT2D eigenvalue weighted by Gasteiger charge is 2.17. The van der Waals surface area contributed by atoms with E-state index in [2.05, 4.69) is 42.3 Å². The summed E-state index contributed by atoms with van der Waals surface area (Å²) < 4.78 is 1.46. The van der Waals surface area contributed by atoms with Crippen LogP contribution in [0.15, 0.2) is 12.7 Å². The van der Waals surface area contributed by atoms with Crippen LogP contribution in [0.1, 0.15) is 12.8 Å². The number of hydrogen-bond donors (Lipinski definition) is 2. The highest BCUT2D eigenvalue weighted by molar-refractivity contribution is 5.34. The molecule has 9 heteroatoms. The first-order valence-electron chi connectivity index (χ1n) is 6.99. The average Bonchev–Trinajstić information content (AvgIpc) is 3.00. The first-order valence-corrected chi connectivity index (χ1v) is 6.99. The normalized spacial score (nSPS) is 17.0. The maximum absolute atomic E-state index is 5.72. The van der Waals surface area contributed by atoms with Crippen molar-refractivity contribution >= 4 is 11.9 Å². The van der Waals surface area contributed by atoms with Crippen molar-refractivity contribution in [2.75, 3.05) is 37.7 Å². The molecule has 0 spiro atoms. The summed E-state index contributed by atoms with van der Waals surface area (Å²) in [7, 11) is 2.15. The Hall–Kier alpha value is -2.29. The summed E-state index contributed by atoms with van der Waals surface area (Å²) in [6, 6.07) is 0. The Morgan fingerprint density at radius 2 is 2.10 bits per heavy atom. The fourth-order valence-corrected chi connectivity index (χ4v) is 2.38. The Morgan fingerprint density at radius 1 is 1.29 bits per heavy atom. The van der Waals surface area contributed by atoms with E-state index in [1.807, 2.05) is 0 Å². The van der Waals surface area contributed by atoms with Crippen molar-refractivity contribution in [3.05, 3.63) is 12.7 Å². The number of nitrogens with one attached hydrogen (secondary N) is 1. The second-order valence-corrected chi connectivity index (χ2v) is 5.28. The van der Waals surface area contributed by atoms with Crippen LogP contribution < -0.4 is 11.1 Å². The minimum atomic E-state index is 0.168. The van der Waals surface area contributed by atoms with Crippen LogP contribution in [0.25, 0.3) is 5.95 Å². The summed E-state index contributed by atoms with van der Waals surface area (Å²) in [6.45, 7) is 3.11. The summed E-state index contributed by atoms with van der Waals surface area (Å²) in [5.41, 5.74) is 5.72. The Bertz CT molecular complexity index is 574. The first-order chi connectivity index (χ1) is 10.2. The van der Waals surface area contributed by atoms with Gasteiger partial charge in [-0.3, -0.25) is 0 Å². The Morgan fingerprint density at radius 3 is 2.81 bits per heavy atom. The third-order valence-corrected chi connectivity index (χ3v) is 3.65. The van der Waals surface area contributed by atoms with E-state index in [-0.39, 0.29) is 5.95 Å². The molecule has 0 atom stereocenters. The maximum Gasteiger partial charge on any atom is 0.258 e. The van der Waals surface area contributed by atoms with Crippen molar-refractivity contribution in [2.24, 2.45) is 5.92 Å². The zero-order chi connectivity index (χ0) is 14.7. The van der Waals surface area contributed by atoms with Crippen molar-refractivity contribution < 1.29 is 0 Å². The summed E-state index contributed by atoms with van der Waals surface area (Å²) in [4.78, 5) is 18.7. The van der Waals surface area contributed by atoms with E-state index in [1.165, 1.54) is 30.2 Å². The molecule has 0 amide bonds. The molecule has 1 aliphatic heterocycles. The number of aromatic nitrogens is 6. The monoisotopic (exact) mass is 289 g/mol. The van der Waals surface area contributed by atoms with Gasteiger partial charge in [-0.05, 0) is 38.9 Å². The highest BCUT2D eigenvalue weighted by Crippen LogP contribution is 2.16. The summed E-state index contributed by atoms with van der Waals surface area (Å²) in [6.07, 6.45) is 5.31. The predicted molar refractivity (Wildman–Crippen MR) is 77.9 cm³/mol. The van der Waals surface area contributed by atoms with E-state index in [9.17, 15) is 0 Å². The number of piperidine rings is 1. The molecular weight excluding hydrogens is 270 g/mol. The molecule has 0 bridgehead atoms. The van der Waals surface area contributed by atoms with E-state index in [1.54, 1.807) is 0 Å². The molecule has 3 heterocycles. The SMILES string of the molecule is CN1CCC(CNc2nc(N)nc(-n3cncn3)n2)CC1. The fourth-order valence-electron chi connectivity index (χ4n) is 2.38. The van der Waals surface area contributed by atoms with Crippen LogP contribution in [-0.4, -0.2) is 61.3 Å². The summed E-state index contributed by atoms with van der Waals surface area (Å²) >= 11 is 0. The van der Waals surface area contributed by atoms with E-state index < -0.39 is 0 Å². The molecule has 2 aromatic rings. The topological polar surface area (TPSA) is 111 Å². The van der Waals surface area contributed by atoms with Crippen LogP contribution in [0.4, 0.5) is 11.9 Å². The van der Waals surface area contributed by atoms with Crippen molar-refractivity contribution in [1.29, 1.82) is 0 Å². The smallest absolute Gasteiger partial charge is 0.258 e. The van der Waals surface area contributed by atoms with Crippen LogP contribution >= 0.6 is 0 Å². The molecule has 0 radical (unpaired) electrons.